The molecule has 19 heavy (non-hydrogen) atoms. The van der Waals surface area contributed by atoms with Crippen LogP contribution in [0.2, 0.25) is 0 Å². The Labute approximate surface area is 115 Å². The summed E-state index contributed by atoms with van der Waals surface area (Å²) in [5.41, 5.74) is 2.23. The highest BCUT2D eigenvalue weighted by molar-refractivity contribution is 5.33. The van der Waals surface area contributed by atoms with Crippen molar-refractivity contribution in [3.63, 3.8) is 0 Å². The van der Waals surface area contributed by atoms with E-state index in [1.807, 2.05) is 20.2 Å². The van der Waals surface area contributed by atoms with Crippen molar-refractivity contribution in [2.75, 3.05) is 31.7 Å². The average Bonchev–Trinajstić information content (AvgIpc) is 2.94. The SMILES string of the molecule is CCCNCc1cnc(N(C)C2CCOC2)nc1C. The summed E-state index contributed by atoms with van der Waals surface area (Å²) in [6, 6.07) is 0.406. The molecule has 106 valence electrons. The molecule has 1 atom stereocenters. The van der Waals surface area contributed by atoms with E-state index in [2.05, 4.69) is 27.1 Å². The highest BCUT2D eigenvalue weighted by Crippen LogP contribution is 2.17. The fourth-order valence-corrected chi connectivity index (χ4v) is 2.21. The maximum Gasteiger partial charge on any atom is 0.225 e. The molecule has 1 fully saturated rings. The summed E-state index contributed by atoms with van der Waals surface area (Å²) < 4.78 is 5.41. The molecule has 0 aromatic carbocycles. The molecule has 5 nitrogen and oxygen atoms in total. The summed E-state index contributed by atoms with van der Waals surface area (Å²) in [4.78, 5) is 11.2. The van der Waals surface area contributed by atoms with Crippen LogP contribution < -0.4 is 10.2 Å². The van der Waals surface area contributed by atoms with Crippen molar-refractivity contribution < 1.29 is 4.74 Å². The third kappa shape index (κ3) is 3.64. The van der Waals surface area contributed by atoms with Gasteiger partial charge in [0.2, 0.25) is 5.95 Å². The molecule has 0 bridgehead atoms. The van der Waals surface area contributed by atoms with Crippen molar-refractivity contribution >= 4 is 5.95 Å². The number of aryl methyl sites for hydroxylation is 1. The Kier molecular flexibility index (Phi) is 5.10. The average molecular weight is 264 g/mol. The Hall–Kier alpha value is -1.20. The first-order valence-electron chi connectivity index (χ1n) is 7.06. The Morgan fingerprint density at radius 1 is 1.53 bits per heavy atom. The highest BCUT2D eigenvalue weighted by Gasteiger charge is 2.22. The van der Waals surface area contributed by atoms with Crippen LogP contribution in [0.5, 0.6) is 0 Å². The fraction of sp³-hybridized carbons (Fsp3) is 0.714. The summed E-state index contributed by atoms with van der Waals surface area (Å²) in [5.74, 6) is 0.798. The number of aromatic nitrogens is 2. The van der Waals surface area contributed by atoms with Gasteiger partial charge in [0.1, 0.15) is 0 Å². The molecular formula is C14H24N4O. The molecule has 1 N–H and O–H groups in total. The number of rotatable bonds is 6. The van der Waals surface area contributed by atoms with E-state index >= 15 is 0 Å². The number of hydrogen-bond acceptors (Lipinski definition) is 5. The van der Waals surface area contributed by atoms with Gasteiger partial charge >= 0.3 is 0 Å². The molecule has 0 amide bonds. The van der Waals surface area contributed by atoms with E-state index in [9.17, 15) is 0 Å². The number of anilines is 1. The minimum Gasteiger partial charge on any atom is -0.379 e. The number of ether oxygens (including phenoxy) is 1. The summed E-state index contributed by atoms with van der Waals surface area (Å²) in [5, 5.41) is 3.38. The number of nitrogens with one attached hydrogen (secondary N) is 1. The third-order valence-electron chi connectivity index (χ3n) is 3.58. The summed E-state index contributed by atoms with van der Waals surface area (Å²) >= 11 is 0. The lowest BCUT2D eigenvalue weighted by Gasteiger charge is -2.23. The van der Waals surface area contributed by atoms with E-state index in [1.165, 1.54) is 5.56 Å². The monoisotopic (exact) mass is 264 g/mol. The molecule has 0 radical (unpaired) electrons. The maximum absolute atomic E-state index is 5.41. The third-order valence-corrected chi connectivity index (χ3v) is 3.58. The zero-order valence-electron chi connectivity index (χ0n) is 12.1. The second-order valence-corrected chi connectivity index (χ2v) is 5.09. The molecule has 1 aromatic heterocycles. The highest BCUT2D eigenvalue weighted by atomic mass is 16.5. The molecule has 5 heteroatoms. The van der Waals surface area contributed by atoms with Crippen LogP contribution in [0.15, 0.2) is 6.20 Å². The lowest BCUT2D eigenvalue weighted by molar-refractivity contribution is 0.193. The second kappa shape index (κ2) is 6.82. The first-order valence-corrected chi connectivity index (χ1v) is 7.06. The van der Waals surface area contributed by atoms with Crippen molar-refractivity contribution in [3.8, 4) is 0 Å². The Bertz CT molecular complexity index is 404. The first kappa shape index (κ1) is 14.2. The summed E-state index contributed by atoms with van der Waals surface area (Å²) in [6.07, 6.45) is 4.13. The van der Waals surface area contributed by atoms with Crippen molar-refractivity contribution in [3.05, 3.63) is 17.5 Å². The lowest BCUT2D eigenvalue weighted by atomic mass is 10.2. The van der Waals surface area contributed by atoms with E-state index in [0.717, 1.165) is 50.8 Å². The van der Waals surface area contributed by atoms with Crippen LogP contribution in [0.1, 0.15) is 31.0 Å². The van der Waals surface area contributed by atoms with E-state index in [0.29, 0.717) is 6.04 Å². The molecule has 0 aliphatic carbocycles. The molecule has 1 unspecified atom stereocenters. The van der Waals surface area contributed by atoms with Crippen LogP contribution in [-0.4, -0.2) is 42.8 Å². The maximum atomic E-state index is 5.41. The summed E-state index contributed by atoms with van der Waals surface area (Å²) in [6.45, 7) is 7.70. The van der Waals surface area contributed by atoms with Gasteiger partial charge in [-0.15, -0.1) is 0 Å². The Morgan fingerprint density at radius 3 is 3.00 bits per heavy atom. The van der Waals surface area contributed by atoms with E-state index in [1.54, 1.807) is 0 Å². The van der Waals surface area contributed by atoms with Crippen LogP contribution in [0.25, 0.3) is 0 Å². The van der Waals surface area contributed by atoms with Gasteiger partial charge in [-0.3, -0.25) is 0 Å². The van der Waals surface area contributed by atoms with Gasteiger partial charge in [0.25, 0.3) is 0 Å². The quantitative estimate of drug-likeness (QED) is 0.789. The number of hydrogen-bond donors (Lipinski definition) is 1. The van der Waals surface area contributed by atoms with Gasteiger partial charge in [-0.25, -0.2) is 9.97 Å². The molecule has 2 rings (SSSR count). The Balaban J connectivity index is 2.00. The van der Waals surface area contributed by atoms with Gasteiger partial charge in [-0.2, -0.15) is 0 Å². The van der Waals surface area contributed by atoms with Crippen molar-refractivity contribution in [2.45, 2.75) is 39.3 Å². The molecule has 1 saturated heterocycles. The Morgan fingerprint density at radius 2 is 2.37 bits per heavy atom. The zero-order valence-corrected chi connectivity index (χ0v) is 12.1. The van der Waals surface area contributed by atoms with E-state index in [-0.39, 0.29) is 0 Å². The second-order valence-electron chi connectivity index (χ2n) is 5.09. The van der Waals surface area contributed by atoms with Crippen LogP contribution >= 0.6 is 0 Å². The predicted molar refractivity (Wildman–Crippen MR) is 76.4 cm³/mol. The van der Waals surface area contributed by atoms with Gasteiger partial charge in [0.05, 0.1) is 12.6 Å². The largest absolute Gasteiger partial charge is 0.379 e. The molecule has 1 aliphatic rings. The molecule has 1 aromatic rings. The van der Waals surface area contributed by atoms with Crippen LogP contribution in [0.3, 0.4) is 0 Å². The molecule has 1 aliphatic heterocycles. The van der Waals surface area contributed by atoms with Gasteiger partial charge in [0, 0.05) is 37.7 Å². The number of likely N-dealkylation sites (N-methyl/N-ethyl adjacent to an activating group) is 1. The van der Waals surface area contributed by atoms with Crippen LogP contribution in [-0.2, 0) is 11.3 Å². The van der Waals surface area contributed by atoms with Gasteiger partial charge < -0.3 is 15.0 Å². The molecule has 2 heterocycles. The van der Waals surface area contributed by atoms with E-state index < -0.39 is 0 Å². The summed E-state index contributed by atoms with van der Waals surface area (Å²) in [7, 11) is 2.04. The van der Waals surface area contributed by atoms with Gasteiger partial charge in [0.15, 0.2) is 0 Å². The van der Waals surface area contributed by atoms with Crippen molar-refractivity contribution in [1.29, 1.82) is 0 Å². The fourth-order valence-electron chi connectivity index (χ4n) is 2.21. The minimum atomic E-state index is 0.406. The smallest absolute Gasteiger partial charge is 0.225 e. The van der Waals surface area contributed by atoms with Crippen LogP contribution in [0.4, 0.5) is 5.95 Å². The molecular weight excluding hydrogens is 240 g/mol. The van der Waals surface area contributed by atoms with E-state index in [4.69, 9.17) is 4.74 Å². The minimum absolute atomic E-state index is 0.406. The standard InChI is InChI=1S/C14H24N4O/c1-4-6-15-8-12-9-16-14(17-11(12)2)18(3)13-5-7-19-10-13/h9,13,15H,4-8,10H2,1-3H3. The molecule has 0 spiro atoms. The van der Waals surface area contributed by atoms with Gasteiger partial charge in [-0.05, 0) is 26.3 Å². The molecule has 0 saturated carbocycles. The topological polar surface area (TPSA) is 50.3 Å². The van der Waals surface area contributed by atoms with Gasteiger partial charge in [-0.1, -0.05) is 6.92 Å². The normalized spacial score (nSPS) is 18.8. The van der Waals surface area contributed by atoms with Crippen molar-refractivity contribution in [1.82, 2.24) is 15.3 Å². The van der Waals surface area contributed by atoms with Crippen molar-refractivity contribution in [2.24, 2.45) is 0 Å². The van der Waals surface area contributed by atoms with Crippen LogP contribution in [0, 0.1) is 6.92 Å². The lowest BCUT2D eigenvalue weighted by Crippen LogP contribution is -2.33. The zero-order chi connectivity index (χ0) is 13.7. The predicted octanol–water partition coefficient (Wildman–Crippen LogP) is 1.51. The number of nitrogens with zero attached hydrogens (tertiary/aromatic N) is 3. The first-order chi connectivity index (χ1) is 9.22.